The van der Waals surface area contributed by atoms with Gasteiger partial charge in [-0.1, -0.05) is 147 Å². The van der Waals surface area contributed by atoms with Crippen LogP contribution in [0.15, 0.2) is 138 Å². The van der Waals surface area contributed by atoms with Gasteiger partial charge in [-0.15, -0.1) is 11.3 Å². The molecule has 0 amide bonds. The number of fused-ring (bicyclic) bond motifs is 16. The van der Waals surface area contributed by atoms with E-state index in [4.69, 9.17) is 4.42 Å². The Bertz CT molecular complexity index is 4030. The molecule has 3 nitrogen and oxygen atoms in total. The Morgan fingerprint density at radius 1 is 0.603 bits per heavy atom. The SMILES string of the molecule is CC(C)(C)c1ccc(Nc2cc3oc4ccccc4c3cc2-c2c3c(c4c5cc6c(cc5n5c4c2[B]c2cc4c(cc2-5)sc2ccccc24)C(C)(C)CCC6(C)C)-c2ccccc2C3(C)C)cc1. The highest BCUT2D eigenvalue weighted by Gasteiger charge is 2.44. The first-order valence-electron chi connectivity index (χ1n) is 24.5. The number of thiophene rings is 1. The molecular formula is C63H54BN2OS. The van der Waals surface area contributed by atoms with Gasteiger partial charge < -0.3 is 14.3 Å². The first kappa shape index (κ1) is 40.5. The van der Waals surface area contributed by atoms with Crippen molar-refractivity contribution in [1.82, 2.24) is 4.57 Å². The first-order chi connectivity index (χ1) is 32.6. The number of hydrogen-bond donors (Lipinski definition) is 1. The Hall–Kier alpha value is -6.56. The summed E-state index contributed by atoms with van der Waals surface area (Å²) in [5.74, 6) is 0. The average Bonchev–Trinajstić information content (AvgIpc) is 4.03. The summed E-state index contributed by atoms with van der Waals surface area (Å²) in [7, 11) is 2.56. The summed E-state index contributed by atoms with van der Waals surface area (Å²) in [4.78, 5) is 0. The van der Waals surface area contributed by atoms with E-state index in [-0.39, 0.29) is 21.7 Å². The lowest BCUT2D eigenvalue weighted by molar-refractivity contribution is 0.332. The highest BCUT2D eigenvalue weighted by atomic mass is 32.1. The molecule has 3 aromatic heterocycles. The van der Waals surface area contributed by atoms with Crippen LogP contribution in [0, 0.1) is 0 Å². The summed E-state index contributed by atoms with van der Waals surface area (Å²) in [5, 5.41) is 11.6. The fourth-order valence-corrected chi connectivity index (χ4v) is 14.0. The maximum atomic E-state index is 6.71. The maximum Gasteiger partial charge on any atom is 0.197 e. The van der Waals surface area contributed by atoms with E-state index in [2.05, 4.69) is 213 Å². The molecule has 0 spiro atoms. The van der Waals surface area contributed by atoms with E-state index in [0.29, 0.717) is 0 Å². The topological polar surface area (TPSA) is 30.1 Å². The van der Waals surface area contributed by atoms with Crippen LogP contribution in [0.25, 0.3) is 91.9 Å². The van der Waals surface area contributed by atoms with Crippen molar-refractivity contribution in [3.8, 4) is 27.9 Å². The third-order valence-corrected chi connectivity index (χ3v) is 17.7. The minimum atomic E-state index is -0.323. The van der Waals surface area contributed by atoms with Crippen LogP contribution in [0.1, 0.15) is 103 Å². The molecule has 14 rings (SSSR count). The fourth-order valence-electron chi connectivity index (χ4n) is 12.8. The Kier molecular flexibility index (Phi) is 7.96. The van der Waals surface area contributed by atoms with Crippen molar-refractivity contribution >= 4 is 105 Å². The van der Waals surface area contributed by atoms with Gasteiger partial charge in [-0.25, -0.2) is 0 Å². The molecule has 331 valence electrons. The third kappa shape index (κ3) is 5.43. The highest BCUT2D eigenvalue weighted by molar-refractivity contribution is 7.25. The van der Waals surface area contributed by atoms with Gasteiger partial charge in [0.1, 0.15) is 11.2 Å². The zero-order chi connectivity index (χ0) is 46.4. The second-order valence-electron chi connectivity index (χ2n) is 23.0. The molecule has 3 aliphatic rings. The first-order valence-corrected chi connectivity index (χ1v) is 25.4. The van der Waals surface area contributed by atoms with Gasteiger partial charge in [0.05, 0.1) is 11.2 Å². The van der Waals surface area contributed by atoms with Crippen LogP contribution in [-0.2, 0) is 21.7 Å². The van der Waals surface area contributed by atoms with Gasteiger partial charge >= 0.3 is 0 Å². The number of nitrogens with zero attached hydrogens (tertiary/aromatic N) is 1. The van der Waals surface area contributed by atoms with Crippen LogP contribution < -0.4 is 16.2 Å². The Labute approximate surface area is 403 Å². The zero-order valence-corrected chi connectivity index (χ0v) is 41.3. The van der Waals surface area contributed by atoms with E-state index >= 15 is 0 Å². The molecule has 11 aromatic rings. The summed E-state index contributed by atoms with van der Waals surface area (Å²) in [6, 6.07) is 50.7. The van der Waals surface area contributed by atoms with E-state index in [1.807, 2.05) is 11.3 Å². The number of aromatic nitrogens is 1. The quantitative estimate of drug-likeness (QED) is 0.179. The van der Waals surface area contributed by atoms with Crippen LogP contribution in [-0.4, -0.2) is 11.8 Å². The smallest absolute Gasteiger partial charge is 0.197 e. The van der Waals surface area contributed by atoms with Crippen molar-refractivity contribution in [3.63, 3.8) is 0 Å². The Balaban J connectivity index is 1.18. The minimum Gasteiger partial charge on any atom is -0.456 e. The van der Waals surface area contributed by atoms with Crippen molar-refractivity contribution in [2.45, 2.75) is 96.8 Å². The summed E-state index contributed by atoms with van der Waals surface area (Å²) in [6.45, 7) is 21.6. The van der Waals surface area contributed by atoms with Gasteiger partial charge in [-0.05, 0) is 133 Å². The normalized spacial score (nSPS) is 16.4. The van der Waals surface area contributed by atoms with Gasteiger partial charge in [0.2, 0.25) is 0 Å². The molecule has 4 heterocycles. The number of rotatable bonds is 3. The predicted octanol–water partition coefficient (Wildman–Crippen LogP) is 16.4. The molecule has 0 unspecified atom stereocenters. The molecule has 0 fully saturated rings. The molecular weight excluding hydrogens is 844 g/mol. The highest BCUT2D eigenvalue weighted by Crippen LogP contribution is 2.58. The molecule has 0 bridgehead atoms. The lowest BCUT2D eigenvalue weighted by atomic mass is 9.57. The number of hydrogen-bond acceptors (Lipinski definition) is 3. The molecule has 0 saturated heterocycles. The van der Waals surface area contributed by atoms with Crippen LogP contribution in [0.3, 0.4) is 0 Å². The molecule has 68 heavy (non-hydrogen) atoms. The molecule has 5 heteroatoms. The lowest BCUT2D eigenvalue weighted by Crippen LogP contribution is -2.38. The average molecular weight is 898 g/mol. The monoisotopic (exact) mass is 897 g/mol. The summed E-state index contributed by atoms with van der Waals surface area (Å²) < 4.78 is 12.1. The van der Waals surface area contributed by atoms with Crippen LogP contribution in [0.2, 0.25) is 0 Å². The number of para-hydroxylation sites is 1. The van der Waals surface area contributed by atoms with Crippen molar-refractivity contribution in [1.29, 1.82) is 0 Å². The van der Waals surface area contributed by atoms with E-state index in [9.17, 15) is 0 Å². The van der Waals surface area contributed by atoms with Crippen LogP contribution >= 0.6 is 11.3 Å². The van der Waals surface area contributed by atoms with Crippen molar-refractivity contribution in [3.05, 3.63) is 161 Å². The van der Waals surface area contributed by atoms with Gasteiger partial charge in [0.25, 0.3) is 0 Å². The van der Waals surface area contributed by atoms with E-state index in [1.54, 1.807) is 0 Å². The molecule has 1 N–H and O–H groups in total. The maximum absolute atomic E-state index is 6.71. The predicted molar refractivity (Wildman–Crippen MR) is 293 cm³/mol. The molecule has 0 saturated carbocycles. The number of nitrogens with one attached hydrogen (secondary N) is 1. The number of benzene rings is 8. The van der Waals surface area contributed by atoms with Crippen LogP contribution in [0.4, 0.5) is 11.4 Å². The largest absolute Gasteiger partial charge is 0.456 e. The van der Waals surface area contributed by atoms with Gasteiger partial charge in [-0.2, -0.15) is 0 Å². The number of anilines is 2. The van der Waals surface area contributed by atoms with Crippen molar-refractivity contribution in [2.75, 3.05) is 5.32 Å². The van der Waals surface area contributed by atoms with Crippen molar-refractivity contribution in [2.24, 2.45) is 0 Å². The van der Waals surface area contributed by atoms with Gasteiger partial charge in [0.15, 0.2) is 7.28 Å². The summed E-state index contributed by atoms with van der Waals surface area (Å²) in [6.07, 6.45) is 2.33. The molecule has 0 atom stereocenters. The van der Waals surface area contributed by atoms with E-state index in [0.717, 1.165) is 39.7 Å². The number of furan rings is 1. The zero-order valence-electron chi connectivity index (χ0n) is 40.5. The molecule has 1 aliphatic heterocycles. The summed E-state index contributed by atoms with van der Waals surface area (Å²) >= 11 is 1.91. The van der Waals surface area contributed by atoms with Gasteiger partial charge in [0, 0.05) is 70.3 Å². The second-order valence-corrected chi connectivity index (χ2v) is 24.1. The molecule has 2 aliphatic carbocycles. The summed E-state index contributed by atoms with van der Waals surface area (Å²) in [5.41, 5.74) is 22.3. The van der Waals surface area contributed by atoms with Crippen molar-refractivity contribution < 1.29 is 4.42 Å². The van der Waals surface area contributed by atoms with E-state index < -0.39 is 0 Å². The molecule has 1 radical (unpaired) electrons. The third-order valence-electron chi connectivity index (χ3n) is 16.6. The Morgan fingerprint density at radius 2 is 1.31 bits per heavy atom. The minimum absolute atomic E-state index is 0.0480. The standard InChI is InChI=1S/C63H54BN2OS/c1-60(2,3)34-22-24-35(25-23-34)65-47-32-51-39(36-16-11-14-20-50(36)67-51)28-41(47)56-57-54(38-18-10-13-19-43(38)63(57,8)9)55-42-29-44-45(62(6,7)27-26-61(44,4)5)31-48(42)66-49-33-53-40(30-46(49)64-58(56)59(55)66)37-17-12-15-21-52(37)68-53/h10-25,28-33,65H,26-27H2,1-9H3. The van der Waals surface area contributed by atoms with E-state index in [1.165, 1.54) is 115 Å². The second kappa shape index (κ2) is 13.4. The molecule has 8 aromatic carbocycles. The van der Waals surface area contributed by atoms with Gasteiger partial charge in [-0.3, -0.25) is 0 Å². The van der Waals surface area contributed by atoms with Crippen LogP contribution in [0.5, 0.6) is 0 Å². The lowest BCUT2D eigenvalue weighted by Gasteiger charge is -2.42. The fraction of sp³-hybridized carbons (Fsp3) is 0.238. The Morgan fingerprint density at radius 3 is 2.09 bits per heavy atom.